The molecule has 0 atom stereocenters. The van der Waals surface area contributed by atoms with Crippen LogP contribution in [0, 0.1) is 0 Å². The SMILES string of the molecule is CCNS(=O)(=O)[B]c1ccccc1.O.O. The molecule has 0 aromatic heterocycles. The van der Waals surface area contributed by atoms with Gasteiger partial charge in [0.2, 0.25) is 0 Å². The molecule has 0 bridgehead atoms. The quantitative estimate of drug-likeness (QED) is 0.619. The minimum atomic E-state index is -3.26. The third kappa shape index (κ3) is 6.24. The molecule has 1 radical (unpaired) electrons. The second-order valence-corrected chi connectivity index (χ2v) is 4.19. The Morgan fingerprint density at radius 1 is 1.20 bits per heavy atom. The average molecular weight is 232 g/mol. The zero-order valence-corrected chi connectivity index (χ0v) is 9.21. The summed E-state index contributed by atoms with van der Waals surface area (Å²) in [6.45, 7) is 3.37. The molecule has 0 fully saturated rings. The van der Waals surface area contributed by atoms with Crippen LogP contribution in [-0.2, 0) is 9.87 Å². The van der Waals surface area contributed by atoms with E-state index in [0.29, 0.717) is 12.0 Å². The van der Waals surface area contributed by atoms with Crippen LogP contribution in [0.5, 0.6) is 0 Å². The molecule has 85 valence electrons. The molecule has 0 amide bonds. The van der Waals surface area contributed by atoms with E-state index >= 15 is 0 Å². The van der Waals surface area contributed by atoms with E-state index in [1.807, 2.05) is 6.07 Å². The third-order valence-electron chi connectivity index (χ3n) is 1.44. The molecule has 0 unspecified atom stereocenters. The standard InChI is InChI=1S/C8H11BNO2S.2H2O/c1-2-10-13(11,12)9-8-6-4-3-5-7-8;;/h3-7,10H,2H2,1H3;2*1H2. The van der Waals surface area contributed by atoms with Crippen molar-refractivity contribution in [3.8, 4) is 0 Å². The van der Waals surface area contributed by atoms with Crippen LogP contribution in [0.1, 0.15) is 6.92 Å². The van der Waals surface area contributed by atoms with Gasteiger partial charge in [0.25, 0.3) is 0 Å². The summed E-state index contributed by atoms with van der Waals surface area (Å²) in [4.78, 5) is 0. The lowest BCUT2D eigenvalue weighted by Crippen LogP contribution is -2.34. The van der Waals surface area contributed by atoms with Crippen molar-refractivity contribution in [1.29, 1.82) is 0 Å². The molecule has 0 aliphatic heterocycles. The molecule has 1 aromatic carbocycles. The highest BCUT2D eigenvalue weighted by atomic mass is 32.2. The van der Waals surface area contributed by atoms with Crippen molar-refractivity contribution in [2.75, 3.05) is 6.54 Å². The number of rotatable bonds is 4. The lowest BCUT2D eigenvalue weighted by molar-refractivity contribution is 0.598. The highest BCUT2D eigenvalue weighted by Crippen LogP contribution is 1.85. The van der Waals surface area contributed by atoms with E-state index in [1.54, 1.807) is 31.2 Å². The zero-order valence-electron chi connectivity index (χ0n) is 8.40. The summed E-state index contributed by atoms with van der Waals surface area (Å²) < 4.78 is 24.9. The first kappa shape index (κ1) is 16.5. The van der Waals surface area contributed by atoms with Crippen LogP contribution in [0.15, 0.2) is 30.3 Å². The van der Waals surface area contributed by atoms with Gasteiger partial charge in [0.15, 0.2) is 9.87 Å². The van der Waals surface area contributed by atoms with Gasteiger partial charge in [-0.2, -0.15) is 0 Å². The van der Waals surface area contributed by atoms with E-state index in [4.69, 9.17) is 0 Å². The summed E-state index contributed by atoms with van der Waals surface area (Å²) in [5, 5.41) is 0. The molecule has 1 aromatic rings. The first-order chi connectivity index (χ1) is 6.14. The van der Waals surface area contributed by atoms with Gasteiger partial charge in [0.1, 0.15) is 0 Å². The Morgan fingerprint density at radius 2 is 1.73 bits per heavy atom. The van der Waals surface area contributed by atoms with Gasteiger partial charge in [-0.3, -0.25) is 0 Å². The molecule has 5 N–H and O–H groups in total. The maximum Gasteiger partial charge on any atom is 0.337 e. The van der Waals surface area contributed by atoms with Crippen LogP contribution in [0.25, 0.3) is 0 Å². The Morgan fingerprint density at radius 3 is 2.20 bits per heavy atom. The highest BCUT2D eigenvalue weighted by Gasteiger charge is 2.12. The van der Waals surface area contributed by atoms with Crippen LogP contribution in [-0.4, -0.2) is 32.5 Å². The molecular weight excluding hydrogens is 217 g/mol. The predicted molar refractivity (Wildman–Crippen MR) is 61.7 cm³/mol. The van der Waals surface area contributed by atoms with Crippen molar-refractivity contribution < 1.29 is 19.4 Å². The summed E-state index contributed by atoms with van der Waals surface area (Å²) >= 11 is 0. The summed E-state index contributed by atoms with van der Waals surface area (Å²) in [6.07, 6.45) is 0. The topological polar surface area (TPSA) is 109 Å². The number of nitrogens with one attached hydrogen (secondary N) is 1. The van der Waals surface area contributed by atoms with Gasteiger partial charge in [0.05, 0.1) is 0 Å². The van der Waals surface area contributed by atoms with E-state index in [2.05, 4.69) is 4.72 Å². The number of benzene rings is 1. The van der Waals surface area contributed by atoms with Gasteiger partial charge in [-0.1, -0.05) is 42.7 Å². The average Bonchev–Trinajstić information content (AvgIpc) is 2.04. The third-order valence-corrected chi connectivity index (χ3v) is 2.71. The van der Waals surface area contributed by atoms with Gasteiger partial charge in [0, 0.05) is 6.54 Å². The molecule has 0 aliphatic rings. The van der Waals surface area contributed by atoms with Crippen molar-refractivity contribution >= 4 is 21.9 Å². The molecule has 5 nitrogen and oxygen atoms in total. The Balaban J connectivity index is 0. The molecular formula is C8H15BNO4S. The lowest BCUT2D eigenvalue weighted by Gasteiger charge is -2.01. The van der Waals surface area contributed by atoms with Gasteiger partial charge >= 0.3 is 6.56 Å². The maximum atomic E-state index is 11.2. The normalized spacial score (nSPS) is 9.67. The molecule has 15 heavy (non-hydrogen) atoms. The Kier molecular flexibility index (Phi) is 8.17. The fourth-order valence-electron chi connectivity index (χ4n) is 0.954. The Labute approximate surface area is 90.3 Å². The van der Waals surface area contributed by atoms with Crippen LogP contribution in [0.4, 0.5) is 0 Å². The van der Waals surface area contributed by atoms with Crippen molar-refractivity contribution in [3.05, 3.63) is 30.3 Å². The highest BCUT2D eigenvalue weighted by molar-refractivity contribution is 8.14. The minimum Gasteiger partial charge on any atom is -0.412 e. The van der Waals surface area contributed by atoms with Gasteiger partial charge in [-0.25, -0.2) is 13.1 Å². The van der Waals surface area contributed by atoms with Crippen molar-refractivity contribution in [1.82, 2.24) is 4.72 Å². The molecule has 0 spiro atoms. The minimum absolute atomic E-state index is 0. The maximum absolute atomic E-state index is 11.2. The fraction of sp³-hybridized carbons (Fsp3) is 0.250. The first-order valence-electron chi connectivity index (χ1n) is 4.03. The van der Waals surface area contributed by atoms with Crippen LogP contribution >= 0.6 is 0 Å². The second kappa shape index (κ2) is 7.41. The van der Waals surface area contributed by atoms with E-state index in [1.165, 1.54) is 6.56 Å². The Hall–Kier alpha value is -0.885. The van der Waals surface area contributed by atoms with Crippen LogP contribution in [0.3, 0.4) is 0 Å². The summed E-state index contributed by atoms with van der Waals surface area (Å²) in [6, 6.07) is 8.93. The monoisotopic (exact) mass is 232 g/mol. The molecule has 0 saturated heterocycles. The van der Waals surface area contributed by atoms with Gasteiger partial charge in [-0.05, 0) is 0 Å². The van der Waals surface area contributed by atoms with Crippen molar-refractivity contribution in [2.45, 2.75) is 6.92 Å². The van der Waals surface area contributed by atoms with Crippen molar-refractivity contribution in [2.24, 2.45) is 0 Å². The summed E-state index contributed by atoms with van der Waals surface area (Å²) in [5.74, 6) is 0. The molecule has 0 aliphatic carbocycles. The molecule has 0 heterocycles. The molecule has 7 heteroatoms. The zero-order chi connectivity index (χ0) is 9.73. The predicted octanol–water partition coefficient (Wildman–Crippen LogP) is -1.78. The first-order valence-corrected chi connectivity index (χ1v) is 5.58. The van der Waals surface area contributed by atoms with E-state index in [0.717, 1.165) is 0 Å². The van der Waals surface area contributed by atoms with E-state index < -0.39 is 9.87 Å². The van der Waals surface area contributed by atoms with E-state index in [-0.39, 0.29) is 11.0 Å². The van der Waals surface area contributed by atoms with Crippen molar-refractivity contribution in [3.63, 3.8) is 0 Å². The van der Waals surface area contributed by atoms with Gasteiger partial charge in [-0.15, -0.1) is 0 Å². The van der Waals surface area contributed by atoms with Crippen LogP contribution < -0.4 is 10.2 Å². The smallest absolute Gasteiger partial charge is 0.337 e. The largest absolute Gasteiger partial charge is 0.412 e. The van der Waals surface area contributed by atoms with Crippen LogP contribution in [0.2, 0.25) is 0 Å². The number of hydrogen-bond donors (Lipinski definition) is 1. The number of hydrogen-bond acceptors (Lipinski definition) is 2. The lowest BCUT2D eigenvalue weighted by atomic mass is 9.95. The second-order valence-electron chi connectivity index (χ2n) is 2.57. The van der Waals surface area contributed by atoms with Gasteiger partial charge < -0.3 is 11.0 Å². The summed E-state index contributed by atoms with van der Waals surface area (Å²) in [7, 11) is -3.26. The fourth-order valence-corrected chi connectivity index (χ4v) is 1.95. The molecule has 1 rings (SSSR count). The molecule has 0 saturated carbocycles. The Bertz CT molecular complexity index is 354. The van der Waals surface area contributed by atoms with E-state index in [9.17, 15) is 8.42 Å². The summed E-state index contributed by atoms with van der Waals surface area (Å²) in [5.41, 5.74) is 0.684.